The first-order valence-electron chi connectivity index (χ1n) is 3.63. The van der Waals surface area contributed by atoms with E-state index in [1.54, 1.807) is 6.20 Å². The minimum atomic E-state index is 0.998. The first-order valence-corrected chi connectivity index (χ1v) is 3.63. The summed E-state index contributed by atoms with van der Waals surface area (Å²) in [6.45, 7) is 6.23. The largest absolute Gasteiger partial charge is 0.298 e. The van der Waals surface area contributed by atoms with Crippen molar-refractivity contribution in [1.82, 2.24) is 9.89 Å². The highest BCUT2D eigenvalue weighted by Gasteiger charge is 1.96. The van der Waals surface area contributed by atoms with E-state index in [2.05, 4.69) is 24.0 Å². The number of hydrogen-bond acceptors (Lipinski definition) is 2. The van der Waals surface area contributed by atoms with Crippen LogP contribution >= 0.6 is 0 Å². The van der Waals surface area contributed by atoms with Gasteiger partial charge in [-0.05, 0) is 19.9 Å². The predicted molar refractivity (Wildman–Crippen MR) is 41.5 cm³/mol. The van der Waals surface area contributed by atoms with Crippen LogP contribution in [0.4, 0.5) is 0 Å². The summed E-state index contributed by atoms with van der Waals surface area (Å²) in [6, 6.07) is 1.93. The van der Waals surface area contributed by atoms with Crippen LogP contribution in [-0.2, 0) is 0 Å². The Bertz CT molecular complexity index is 165. The van der Waals surface area contributed by atoms with Crippen LogP contribution in [0.2, 0.25) is 0 Å². The lowest BCUT2D eigenvalue weighted by Gasteiger charge is -2.19. The minimum absolute atomic E-state index is 0.998. The topological polar surface area (TPSA) is 21.1 Å². The van der Waals surface area contributed by atoms with Gasteiger partial charge in [-0.25, -0.2) is 0 Å². The fourth-order valence-electron chi connectivity index (χ4n) is 0.941. The van der Waals surface area contributed by atoms with E-state index in [-0.39, 0.29) is 0 Å². The first-order chi connectivity index (χ1) is 4.88. The third kappa shape index (κ3) is 1.29. The van der Waals surface area contributed by atoms with E-state index in [0.29, 0.717) is 0 Å². The molecule has 1 rings (SSSR count). The number of nitrogens with zero attached hydrogens (tertiary/aromatic N) is 3. The monoisotopic (exact) mass is 139 g/mol. The predicted octanol–water partition coefficient (Wildman–Crippen LogP) is 0.861. The van der Waals surface area contributed by atoms with E-state index in [1.165, 1.54) is 0 Å². The Hall–Kier alpha value is -0.990. The summed E-state index contributed by atoms with van der Waals surface area (Å²) in [5.74, 6) is 0. The van der Waals surface area contributed by atoms with E-state index >= 15 is 0 Å². The Kier molecular flexibility index (Phi) is 2.31. The molecule has 0 amide bonds. The molecule has 0 spiro atoms. The van der Waals surface area contributed by atoms with Gasteiger partial charge in [0.05, 0.1) is 6.20 Å². The van der Waals surface area contributed by atoms with E-state index in [0.717, 1.165) is 13.1 Å². The van der Waals surface area contributed by atoms with E-state index < -0.39 is 0 Å². The highest BCUT2D eigenvalue weighted by molar-refractivity contribution is 4.86. The maximum absolute atomic E-state index is 4.10. The van der Waals surface area contributed by atoms with Crippen LogP contribution in [-0.4, -0.2) is 23.0 Å². The van der Waals surface area contributed by atoms with Crippen molar-refractivity contribution in [3.8, 4) is 0 Å². The van der Waals surface area contributed by atoms with Crippen LogP contribution in [0, 0.1) is 0 Å². The van der Waals surface area contributed by atoms with Crippen LogP contribution < -0.4 is 5.01 Å². The Morgan fingerprint density at radius 3 is 2.50 bits per heavy atom. The number of rotatable bonds is 3. The summed E-state index contributed by atoms with van der Waals surface area (Å²) < 4.78 is 0. The molecule has 1 heterocycles. The van der Waals surface area contributed by atoms with Gasteiger partial charge in [0, 0.05) is 19.3 Å². The summed E-state index contributed by atoms with van der Waals surface area (Å²) in [5.41, 5.74) is 0. The molecule has 0 radical (unpaired) electrons. The van der Waals surface area contributed by atoms with Gasteiger partial charge in [0.15, 0.2) is 0 Å². The highest BCUT2D eigenvalue weighted by Crippen LogP contribution is 1.87. The van der Waals surface area contributed by atoms with Crippen molar-refractivity contribution in [1.29, 1.82) is 0 Å². The molecule has 0 saturated heterocycles. The van der Waals surface area contributed by atoms with Crippen LogP contribution in [0.15, 0.2) is 18.5 Å². The molecule has 10 heavy (non-hydrogen) atoms. The standard InChI is InChI=1S/C7H13N3/c1-3-9(4-2)10-7-5-6-8-10/h5-7H,3-4H2,1-2H3. The fraction of sp³-hybridized carbons (Fsp3) is 0.571. The van der Waals surface area contributed by atoms with Crippen molar-refractivity contribution in [3.05, 3.63) is 18.5 Å². The summed E-state index contributed by atoms with van der Waals surface area (Å²) >= 11 is 0. The summed E-state index contributed by atoms with van der Waals surface area (Å²) in [7, 11) is 0. The zero-order valence-electron chi connectivity index (χ0n) is 6.49. The molecular weight excluding hydrogens is 126 g/mol. The Morgan fingerprint density at radius 1 is 1.40 bits per heavy atom. The van der Waals surface area contributed by atoms with Crippen LogP contribution in [0.3, 0.4) is 0 Å². The Balaban J connectivity index is 2.64. The highest BCUT2D eigenvalue weighted by atomic mass is 15.6. The van der Waals surface area contributed by atoms with E-state index in [1.807, 2.05) is 17.1 Å². The Morgan fingerprint density at radius 2 is 2.10 bits per heavy atom. The molecule has 0 atom stereocenters. The van der Waals surface area contributed by atoms with Gasteiger partial charge < -0.3 is 0 Å². The summed E-state index contributed by atoms with van der Waals surface area (Å²) in [5, 5.41) is 6.24. The maximum atomic E-state index is 4.10. The van der Waals surface area contributed by atoms with Crippen molar-refractivity contribution >= 4 is 0 Å². The van der Waals surface area contributed by atoms with Gasteiger partial charge in [0.25, 0.3) is 0 Å². The van der Waals surface area contributed by atoms with E-state index in [9.17, 15) is 0 Å². The average Bonchev–Trinajstić information content (AvgIpc) is 2.43. The third-order valence-electron chi connectivity index (χ3n) is 1.51. The van der Waals surface area contributed by atoms with Crippen molar-refractivity contribution < 1.29 is 0 Å². The second kappa shape index (κ2) is 3.25. The van der Waals surface area contributed by atoms with Crippen LogP contribution in [0.5, 0.6) is 0 Å². The lowest BCUT2D eigenvalue weighted by atomic mass is 10.6. The molecule has 0 aliphatic rings. The van der Waals surface area contributed by atoms with Crippen molar-refractivity contribution in [3.63, 3.8) is 0 Å². The molecule has 0 fully saturated rings. The smallest absolute Gasteiger partial charge is 0.0510 e. The van der Waals surface area contributed by atoms with Gasteiger partial charge in [0.2, 0.25) is 0 Å². The molecule has 0 aliphatic heterocycles. The molecule has 0 unspecified atom stereocenters. The molecular formula is C7H13N3. The molecule has 0 saturated carbocycles. The molecule has 0 N–H and O–H groups in total. The summed E-state index contributed by atoms with van der Waals surface area (Å²) in [6.07, 6.45) is 3.74. The molecule has 0 aromatic carbocycles. The average molecular weight is 139 g/mol. The molecule has 0 bridgehead atoms. The van der Waals surface area contributed by atoms with Gasteiger partial charge in [-0.2, -0.15) is 9.89 Å². The van der Waals surface area contributed by atoms with E-state index in [4.69, 9.17) is 0 Å². The maximum Gasteiger partial charge on any atom is 0.0510 e. The molecule has 0 aliphatic carbocycles. The van der Waals surface area contributed by atoms with Gasteiger partial charge >= 0.3 is 0 Å². The lowest BCUT2D eigenvalue weighted by Crippen LogP contribution is -2.34. The van der Waals surface area contributed by atoms with Crippen molar-refractivity contribution in [2.24, 2.45) is 0 Å². The fourth-order valence-corrected chi connectivity index (χ4v) is 0.941. The SMILES string of the molecule is CCN(CC)n1cccn1. The van der Waals surface area contributed by atoms with Crippen LogP contribution in [0.25, 0.3) is 0 Å². The second-order valence-corrected chi connectivity index (χ2v) is 2.07. The minimum Gasteiger partial charge on any atom is -0.298 e. The molecule has 3 nitrogen and oxygen atoms in total. The number of aromatic nitrogens is 2. The molecule has 1 aromatic rings. The molecule has 1 aromatic heterocycles. The van der Waals surface area contributed by atoms with Crippen LogP contribution in [0.1, 0.15) is 13.8 Å². The third-order valence-corrected chi connectivity index (χ3v) is 1.51. The van der Waals surface area contributed by atoms with Gasteiger partial charge in [0.1, 0.15) is 0 Å². The zero-order valence-corrected chi connectivity index (χ0v) is 6.49. The first kappa shape index (κ1) is 7.12. The van der Waals surface area contributed by atoms with Gasteiger partial charge in [-0.15, -0.1) is 0 Å². The quantitative estimate of drug-likeness (QED) is 0.619. The number of hydrogen-bond donors (Lipinski definition) is 0. The molecule has 56 valence electrons. The van der Waals surface area contributed by atoms with Crippen molar-refractivity contribution in [2.75, 3.05) is 18.1 Å². The summed E-state index contributed by atoms with van der Waals surface area (Å²) in [4.78, 5) is 1.86. The lowest BCUT2D eigenvalue weighted by molar-refractivity contribution is 0.557. The molecule has 3 heteroatoms. The van der Waals surface area contributed by atoms with Gasteiger partial charge in [-0.1, -0.05) is 0 Å². The van der Waals surface area contributed by atoms with Gasteiger partial charge in [-0.3, -0.25) is 5.01 Å². The zero-order chi connectivity index (χ0) is 7.40. The Labute approximate surface area is 61.2 Å². The second-order valence-electron chi connectivity index (χ2n) is 2.07. The normalized spacial score (nSPS) is 9.80. The van der Waals surface area contributed by atoms with Crippen molar-refractivity contribution in [2.45, 2.75) is 13.8 Å².